The van der Waals surface area contributed by atoms with Crippen molar-refractivity contribution in [2.45, 2.75) is 24.3 Å². The minimum Gasteiger partial charge on any atom is -0.450 e. The summed E-state index contributed by atoms with van der Waals surface area (Å²) >= 11 is 4.76. The zero-order valence-corrected chi connectivity index (χ0v) is 13.2. The van der Waals surface area contributed by atoms with Gasteiger partial charge in [0.1, 0.15) is 17.3 Å². The highest BCUT2D eigenvalue weighted by Gasteiger charge is 2.21. The Balaban J connectivity index is 2.60. The van der Waals surface area contributed by atoms with Gasteiger partial charge >= 0.3 is 0 Å². The number of aliphatic hydroxyl groups is 1. The van der Waals surface area contributed by atoms with Gasteiger partial charge in [0.25, 0.3) is 0 Å². The molecule has 18 heavy (non-hydrogen) atoms. The van der Waals surface area contributed by atoms with Crippen LogP contribution in [0.1, 0.15) is 18.6 Å². The largest absolute Gasteiger partial charge is 0.450 e. The summed E-state index contributed by atoms with van der Waals surface area (Å²) in [5, 5.41) is 8.88. The first-order valence-electron chi connectivity index (χ1n) is 5.39. The first-order valence-corrected chi connectivity index (χ1v) is 9.06. The van der Waals surface area contributed by atoms with Gasteiger partial charge in [0.2, 0.25) is 10.0 Å². The molecule has 0 atom stereocenters. The lowest BCUT2D eigenvalue weighted by molar-refractivity contribution is 0.245. The van der Waals surface area contributed by atoms with Crippen molar-refractivity contribution in [3.05, 3.63) is 16.5 Å². The molecule has 104 valence electrons. The molecule has 0 aliphatic heterocycles. The van der Waals surface area contributed by atoms with E-state index in [0.29, 0.717) is 6.54 Å². The monoisotopic (exact) mass is 357 g/mol. The summed E-state index contributed by atoms with van der Waals surface area (Å²) in [6.07, 6.45) is 3.78. The Morgan fingerprint density at radius 3 is 2.78 bits per heavy atom. The summed E-state index contributed by atoms with van der Waals surface area (Å²) in [6.45, 7) is 0.0663. The number of rotatable bonds is 8. The predicted octanol–water partition coefficient (Wildman–Crippen LogP) is 1.96. The molecule has 0 fully saturated rings. The van der Waals surface area contributed by atoms with E-state index in [0.717, 1.165) is 18.6 Å². The summed E-state index contributed by atoms with van der Waals surface area (Å²) in [5.74, 6) is 1.23. The highest BCUT2D eigenvalue weighted by Crippen LogP contribution is 2.25. The van der Waals surface area contributed by atoms with Crippen molar-refractivity contribution in [2.24, 2.45) is 0 Å². The Kier molecular flexibility index (Phi) is 6.72. The van der Waals surface area contributed by atoms with Gasteiger partial charge in [-0.1, -0.05) is 0 Å². The van der Waals surface area contributed by atoms with Gasteiger partial charge in [0.05, 0.1) is 0 Å². The van der Waals surface area contributed by atoms with Crippen molar-refractivity contribution in [1.82, 2.24) is 4.72 Å². The molecular weight excluding hydrogens is 342 g/mol. The topological polar surface area (TPSA) is 79.5 Å². The second-order valence-electron chi connectivity index (χ2n) is 3.61. The Bertz CT molecular complexity index is 472. The van der Waals surface area contributed by atoms with E-state index in [1.165, 1.54) is 6.07 Å². The summed E-state index contributed by atoms with van der Waals surface area (Å²) < 4.78 is 31.5. The second-order valence-corrected chi connectivity index (χ2v) is 7.05. The van der Waals surface area contributed by atoms with Crippen molar-refractivity contribution in [1.29, 1.82) is 0 Å². The number of nitrogens with one attached hydrogen (secondary N) is 1. The third-order valence-electron chi connectivity index (χ3n) is 2.22. The van der Waals surface area contributed by atoms with Gasteiger partial charge in [-0.05, 0) is 40.8 Å². The number of furan rings is 1. The van der Waals surface area contributed by atoms with Crippen molar-refractivity contribution >= 4 is 37.7 Å². The van der Waals surface area contributed by atoms with Crippen LogP contribution in [-0.4, -0.2) is 32.1 Å². The van der Waals surface area contributed by atoms with Gasteiger partial charge < -0.3 is 9.52 Å². The van der Waals surface area contributed by atoms with Crippen molar-refractivity contribution in [2.75, 3.05) is 18.6 Å². The molecule has 0 aliphatic carbocycles. The molecule has 1 aromatic heterocycles. The minimum atomic E-state index is -3.58. The molecule has 0 saturated carbocycles. The number of hydrogen-bond acceptors (Lipinski definition) is 5. The van der Waals surface area contributed by atoms with Crippen LogP contribution in [0.2, 0.25) is 0 Å². The molecule has 0 bridgehead atoms. The highest BCUT2D eigenvalue weighted by atomic mass is 79.9. The fourth-order valence-corrected chi connectivity index (χ4v) is 3.88. The standard InChI is InChI=1S/C10H16BrNO4S2/c1-17-5-3-2-4-12-18(14,15)9-6-8(7-13)16-10(9)11/h6,12-13H,2-5,7H2,1H3. The Hall–Kier alpha value is -0.0200. The molecule has 5 nitrogen and oxygen atoms in total. The van der Waals surface area contributed by atoms with Gasteiger partial charge in [-0.15, -0.1) is 0 Å². The van der Waals surface area contributed by atoms with Crippen molar-refractivity contribution in [3.63, 3.8) is 0 Å². The molecule has 0 saturated heterocycles. The van der Waals surface area contributed by atoms with Crippen molar-refractivity contribution in [3.8, 4) is 0 Å². The van der Waals surface area contributed by atoms with E-state index in [2.05, 4.69) is 20.7 Å². The van der Waals surface area contributed by atoms with E-state index in [-0.39, 0.29) is 21.9 Å². The molecule has 0 aliphatic rings. The van der Waals surface area contributed by atoms with Crippen LogP contribution in [0.25, 0.3) is 0 Å². The summed E-state index contributed by atoms with van der Waals surface area (Å²) in [5.41, 5.74) is 0. The molecule has 8 heteroatoms. The lowest BCUT2D eigenvalue weighted by atomic mass is 10.3. The van der Waals surface area contributed by atoms with E-state index in [1.54, 1.807) is 11.8 Å². The third-order valence-corrected chi connectivity index (χ3v) is 5.23. The zero-order chi connectivity index (χ0) is 13.6. The number of thioether (sulfide) groups is 1. The number of halogens is 1. The molecule has 0 spiro atoms. The average Bonchev–Trinajstić information content (AvgIpc) is 2.71. The van der Waals surface area contributed by atoms with Crippen LogP contribution >= 0.6 is 27.7 Å². The third kappa shape index (κ3) is 4.58. The maximum absolute atomic E-state index is 11.9. The average molecular weight is 358 g/mol. The quantitative estimate of drug-likeness (QED) is 0.695. The smallest absolute Gasteiger partial charge is 0.244 e. The van der Waals surface area contributed by atoms with Crippen LogP contribution in [0, 0.1) is 0 Å². The lowest BCUT2D eigenvalue weighted by Gasteiger charge is -2.04. The molecule has 2 N–H and O–H groups in total. The Labute approximate surface area is 120 Å². The van der Waals surface area contributed by atoms with E-state index in [4.69, 9.17) is 9.52 Å². The number of unbranched alkanes of at least 4 members (excludes halogenated alkanes) is 1. The number of sulfonamides is 1. The molecule has 0 radical (unpaired) electrons. The highest BCUT2D eigenvalue weighted by molar-refractivity contribution is 9.10. The Morgan fingerprint density at radius 2 is 2.22 bits per heavy atom. The van der Waals surface area contributed by atoms with Gasteiger partial charge in [-0.25, -0.2) is 13.1 Å². The second kappa shape index (κ2) is 7.54. The van der Waals surface area contributed by atoms with Crippen molar-refractivity contribution < 1.29 is 17.9 Å². The fraction of sp³-hybridized carbons (Fsp3) is 0.600. The van der Waals surface area contributed by atoms with Crippen LogP contribution in [-0.2, 0) is 16.6 Å². The fourth-order valence-electron chi connectivity index (χ4n) is 1.31. The van der Waals surface area contributed by atoms with Crippen LogP contribution in [0.4, 0.5) is 0 Å². The molecule has 1 heterocycles. The molecule has 0 amide bonds. The van der Waals surface area contributed by atoms with E-state index < -0.39 is 10.0 Å². The zero-order valence-electron chi connectivity index (χ0n) is 9.98. The number of aliphatic hydroxyl groups excluding tert-OH is 1. The maximum Gasteiger partial charge on any atom is 0.244 e. The molecule has 0 aromatic carbocycles. The van der Waals surface area contributed by atoms with E-state index >= 15 is 0 Å². The predicted molar refractivity (Wildman–Crippen MR) is 75.1 cm³/mol. The molecule has 0 unspecified atom stereocenters. The number of hydrogen-bond donors (Lipinski definition) is 2. The lowest BCUT2D eigenvalue weighted by Crippen LogP contribution is -2.24. The van der Waals surface area contributed by atoms with Gasteiger partial charge in [0, 0.05) is 12.6 Å². The van der Waals surface area contributed by atoms with Gasteiger partial charge in [-0.3, -0.25) is 0 Å². The maximum atomic E-state index is 11.9. The van der Waals surface area contributed by atoms with Crippen LogP contribution in [0.5, 0.6) is 0 Å². The molecular formula is C10H16BrNO4S2. The van der Waals surface area contributed by atoms with Crippen LogP contribution in [0.3, 0.4) is 0 Å². The Morgan fingerprint density at radius 1 is 1.50 bits per heavy atom. The van der Waals surface area contributed by atoms with Crippen LogP contribution in [0.15, 0.2) is 20.0 Å². The minimum absolute atomic E-state index is 0.0245. The van der Waals surface area contributed by atoms with E-state index in [9.17, 15) is 8.42 Å². The summed E-state index contributed by atoms with van der Waals surface area (Å²) in [4.78, 5) is 0.0245. The van der Waals surface area contributed by atoms with Crippen LogP contribution < -0.4 is 4.72 Å². The first-order chi connectivity index (χ1) is 8.51. The van der Waals surface area contributed by atoms with Gasteiger partial charge in [-0.2, -0.15) is 11.8 Å². The normalized spacial score (nSPS) is 11.9. The summed E-state index contributed by atoms with van der Waals surface area (Å²) in [6, 6.07) is 1.31. The van der Waals surface area contributed by atoms with E-state index in [1.807, 2.05) is 6.26 Å². The SMILES string of the molecule is CSCCCCNS(=O)(=O)c1cc(CO)oc1Br. The molecule has 1 aromatic rings. The van der Waals surface area contributed by atoms with Gasteiger partial charge in [0.15, 0.2) is 4.67 Å². The summed E-state index contributed by atoms with van der Waals surface area (Å²) in [7, 11) is -3.58. The molecule has 1 rings (SSSR count). The first kappa shape index (κ1) is 16.0.